The highest BCUT2D eigenvalue weighted by atomic mass is 32.1. The van der Waals surface area contributed by atoms with Crippen LogP contribution in [0.15, 0.2) is 42.3 Å². The summed E-state index contributed by atoms with van der Waals surface area (Å²) < 4.78 is 0. The fourth-order valence-electron chi connectivity index (χ4n) is 1.95. The largest absolute Gasteiger partial charge is 0.312 e. The molecule has 0 fully saturated rings. The van der Waals surface area contributed by atoms with Crippen molar-refractivity contribution in [3.63, 3.8) is 0 Å². The number of anilines is 2. The minimum atomic E-state index is -0.228. The average Bonchev–Trinajstić information content (AvgIpc) is 3.02. The van der Waals surface area contributed by atoms with Gasteiger partial charge < -0.3 is 4.90 Å². The molecule has 0 radical (unpaired) electrons. The van der Waals surface area contributed by atoms with Gasteiger partial charge in [0.25, 0.3) is 5.91 Å². The topological polar surface area (TPSA) is 62.3 Å². The predicted octanol–water partition coefficient (Wildman–Crippen LogP) is 3.84. The van der Waals surface area contributed by atoms with Crippen LogP contribution >= 0.6 is 11.3 Å². The van der Waals surface area contributed by atoms with Crippen molar-refractivity contribution in [2.24, 2.45) is 0 Å². The van der Waals surface area contributed by atoms with Gasteiger partial charge in [-0.3, -0.25) is 14.9 Å². The Morgan fingerprint density at radius 2 is 1.88 bits per heavy atom. The minimum Gasteiger partial charge on any atom is -0.312 e. The molecule has 0 aliphatic carbocycles. The Labute approximate surface area is 146 Å². The smallest absolute Gasteiger partial charge is 0.257 e. The molecule has 24 heavy (non-hydrogen) atoms. The van der Waals surface area contributed by atoms with E-state index in [0.717, 1.165) is 5.69 Å². The van der Waals surface area contributed by atoms with E-state index in [1.807, 2.05) is 5.38 Å². The third kappa shape index (κ3) is 4.08. The molecule has 2 amide bonds. The minimum absolute atomic E-state index is 0.0522. The van der Waals surface area contributed by atoms with E-state index in [9.17, 15) is 9.59 Å². The van der Waals surface area contributed by atoms with E-state index in [1.54, 1.807) is 31.3 Å². The molecule has 1 heterocycles. The summed E-state index contributed by atoms with van der Waals surface area (Å²) in [5.41, 5.74) is 2.10. The van der Waals surface area contributed by atoms with E-state index >= 15 is 0 Å². The first-order valence-corrected chi connectivity index (χ1v) is 8.38. The van der Waals surface area contributed by atoms with Gasteiger partial charge in [0.15, 0.2) is 5.13 Å². The maximum Gasteiger partial charge on any atom is 0.257 e. The van der Waals surface area contributed by atoms with Gasteiger partial charge in [-0.1, -0.05) is 27.4 Å². The SMILES string of the molecule is C=CC(=O)N(C)c1ccc(C(=O)Nc2nc(C(C)(C)C)cs2)cc1. The van der Waals surface area contributed by atoms with E-state index in [2.05, 4.69) is 37.7 Å². The maximum absolute atomic E-state index is 12.3. The molecule has 6 heteroatoms. The number of likely N-dealkylation sites (N-methyl/N-ethyl adjacent to an activating group) is 1. The van der Waals surface area contributed by atoms with Gasteiger partial charge >= 0.3 is 0 Å². The number of hydrogen-bond donors (Lipinski definition) is 1. The summed E-state index contributed by atoms with van der Waals surface area (Å²) in [7, 11) is 1.66. The standard InChI is InChI=1S/C18H21N3O2S/c1-6-15(22)21(5)13-9-7-12(8-10-13)16(23)20-17-19-14(11-24-17)18(2,3)4/h6-11H,1H2,2-5H3,(H,19,20,23). The van der Waals surface area contributed by atoms with Crippen molar-refractivity contribution in [1.82, 2.24) is 4.98 Å². The third-order valence-corrected chi connectivity index (χ3v) is 4.27. The van der Waals surface area contributed by atoms with Gasteiger partial charge in [0.2, 0.25) is 5.91 Å². The second-order valence-corrected chi connectivity index (χ2v) is 7.25. The number of carbonyl (C=O) groups excluding carboxylic acids is 2. The highest BCUT2D eigenvalue weighted by Crippen LogP contribution is 2.26. The molecule has 0 bridgehead atoms. The zero-order valence-corrected chi connectivity index (χ0v) is 15.1. The molecule has 0 saturated carbocycles. The van der Waals surface area contributed by atoms with Crippen molar-refractivity contribution in [2.75, 3.05) is 17.3 Å². The van der Waals surface area contributed by atoms with Crippen molar-refractivity contribution in [3.8, 4) is 0 Å². The van der Waals surface area contributed by atoms with Crippen LogP contribution < -0.4 is 10.2 Å². The summed E-state index contributed by atoms with van der Waals surface area (Å²) >= 11 is 1.41. The molecule has 5 nitrogen and oxygen atoms in total. The average molecular weight is 343 g/mol. The molecule has 0 spiro atoms. The summed E-state index contributed by atoms with van der Waals surface area (Å²) in [4.78, 5) is 29.8. The van der Waals surface area contributed by atoms with Gasteiger partial charge in [0.1, 0.15) is 0 Å². The maximum atomic E-state index is 12.3. The number of aromatic nitrogens is 1. The van der Waals surface area contributed by atoms with Gasteiger partial charge in [-0.2, -0.15) is 0 Å². The highest BCUT2D eigenvalue weighted by molar-refractivity contribution is 7.14. The van der Waals surface area contributed by atoms with E-state index in [4.69, 9.17) is 0 Å². The Bertz CT molecular complexity index is 757. The van der Waals surface area contributed by atoms with Crippen molar-refractivity contribution in [2.45, 2.75) is 26.2 Å². The molecule has 126 valence electrons. The number of thiazole rings is 1. The van der Waals surface area contributed by atoms with E-state index in [0.29, 0.717) is 16.4 Å². The van der Waals surface area contributed by atoms with Crippen LogP contribution in [0.3, 0.4) is 0 Å². The van der Waals surface area contributed by atoms with Crippen molar-refractivity contribution in [1.29, 1.82) is 0 Å². The van der Waals surface area contributed by atoms with Crippen molar-refractivity contribution < 1.29 is 9.59 Å². The van der Waals surface area contributed by atoms with Crippen LogP contribution in [0.2, 0.25) is 0 Å². The Morgan fingerprint density at radius 3 is 2.38 bits per heavy atom. The summed E-state index contributed by atoms with van der Waals surface area (Å²) in [6.45, 7) is 9.69. The quantitative estimate of drug-likeness (QED) is 0.858. The first-order valence-electron chi connectivity index (χ1n) is 7.50. The van der Waals surface area contributed by atoms with E-state index < -0.39 is 0 Å². The van der Waals surface area contributed by atoms with Gasteiger partial charge in [0.05, 0.1) is 5.69 Å². The van der Waals surface area contributed by atoms with Crippen LogP contribution in [0.4, 0.5) is 10.8 Å². The lowest BCUT2D eigenvalue weighted by Crippen LogP contribution is -2.23. The monoisotopic (exact) mass is 343 g/mol. The zero-order valence-electron chi connectivity index (χ0n) is 14.3. The molecule has 0 saturated heterocycles. The lowest BCUT2D eigenvalue weighted by Gasteiger charge is -2.15. The summed E-state index contributed by atoms with van der Waals surface area (Å²) in [6, 6.07) is 6.79. The normalized spacial score (nSPS) is 11.0. The second kappa shape index (κ2) is 6.97. The number of benzene rings is 1. The molecule has 1 aromatic heterocycles. The first kappa shape index (κ1) is 17.9. The number of nitrogens with one attached hydrogen (secondary N) is 1. The van der Waals surface area contributed by atoms with Crippen molar-refractivity contribution in [3.05, 3.63) is 53.6 Å². The number of hydrogen-bond acceptors (Lipinski definition) is 4. The van der Waals surface area contributed by atoms with E-state index in [1.165, 1.54) is 22.3 Å². The summed E-state index contributed by atoms with van der Waals surface area (Å²) in [5.74, 6) is -0.432. The van der Waals surface area contributed by atoms with Gasteiger partial charge in [-0.05, 0) is 30.3 Å². The third-order valence-electron chi connectivity index (χ3n) is 3.52. The van der Waals surface area contributed by atoms with Crippen LogP contribution in [0.25, 0.3) is 0 Å². The fraction of sp³-hybridized carbons (Fsp3) is 0.278. The summed E-state index contributed by atoms with van der Waals surface area (Å²) in [5, 5.41) is 5.33. The molecule has 1 N–H and O–H groups in total. The molecular weight excluding hydrogens is 322 g/mol. The van der Waals surface area contributed by atoms with Gasteiger partial charge in [0, 0.05) is 29.1 Å². The molecule has 2 aromatic rings. The highest BCUT2D eigenvalue weighted by Gasteiger charge is 2.18. The van der Waals surface area contributed by atoms with Crippen LogP contribution in [-0.2, 0) is 10.2 Å². The predicted molar refractivity (Wildman–Crippen MR) is 98.8 cm³/mol. The fourth-order valence-corrected chi connectivity index (χ4v) is 2.88. The Kier molecular flexibility index (Phi) is 5.19. The van der Waals surface area contributed by atoms with Crippen LogP contribution in [0.5, 0.6) is 0 Å². The molecule has 0 unspecified atom stereocenters. The molecule has 0 aliphatic heterocycles. The van der Waals surface area contributed by atoms with Crippen LogP contribution in [0, 0.1) is 0 Å². The second-order valence-electron chi connectivity index (χ2n) is 6.39. The molecule has 0 atom stereocenters. The van der Waals surface area contributed by atoms with Crippen LogP contribution in [-0.4, -0.2) is 23.8 Å². The van der Waals surface area contributed by atoms with Crippen LogP contribution in [0.1, 0.15) is 36.8 Å². The first-order chi connectivity index (χ1) is 11.2. The summed E-state index contributed by atoms with van der Waals surface area (Å²) in [6.07, 6.45) is 1.25. The number of nitrogens with zero attached hydrogens (tertiary/aromatic N) is 2. The zero-order chi connectivity index (χ0) is 17.9. The molecular formula is C18H21N3O2S. The Hall–Kier alpha value is -2.47. The molecule has 1 aromatic carbocycles. The number of carbonyl (C=O) groups is 2. The molecule has 0 aliphatic rings. The lowest BCUT2D eigenvalue weighted by molar-refractivity contribution is -0.113. The van der Waals surface area contributed by atoms with Crippen molar-refractivity contribution >= 4 is 34.0 Å². The number of rotatable bonds is 4. The molecule has 2 rings (SSSR count). The Morgan fingerprint density at radius 1 is 1.25 bits per heavy atom. The Balaban J connectivity index is 2.09. The lowest BCUT2D eigenvalue weighted by atomic mass is 9.93. The van der Waals surface area contributed by atoms with Gasteiger partial charge in [-0.25, -0.2) is 4.98 Å². The van der Waals surface area contributed by atoms with Gasteiger partial charge in [-0.15, -0.1) is 11.3 Å². The van der Waals surface area contributed by atoms with E-state index in [-0.39, 0.29) is 17.2 Å². The number of amides is 2.